The number of rotatable bonds is 3. The van der Waals surface area contributed by atoms with Crippen LogP contribution in [0, 0.1) is 6.92 Å². The third-order valence-electron chi connectivity index (χ3n) is 3.16. The molecule has 2 heteroatoms. The van der Waals surface area contributed by atoms with E-state index in [9.17, 15) is 0 Å². The summed E-state index contributed by atoms with van der Waals surface area (Å²) in [5.74, 6) is 0.582. The molecule has 2 rings (SSSR count). The fraction of sp³-hybridized carbons (Fsp3) is 0.538. The number of hydrogen-bond donors (Lipinski definition) is 1. The number of nitrogens with two attached hydrogens (primary N) is 1. The van der Waals surface area contributed by atoms with Crippen molar-refractivity contribution in [1.29, 1.82) is 0 Å². The largest absolute Gasteiger partial charge is 0.363 e. The predicted molar refractivity (Wildman–Crippen MR) is 65.5 cm³/mol. The van der Waals surface area contributed by atoms with Crippen molar-refractivity contribution in [3.8, 4) is 0 Å². The van der Waals surface area contributed by atoms with Gasteiger partial charge in [0.2, 0.25) is 0 Å². The highest BCUT2D eigenvalue weighted by Gasteiger charge is 2.35. The third-order valence-corrected chi connectivity index (χ3v) is 3.16. The summed E-state index contributed by atoms with van der Waals surface area (Å²) in [6.07, 6.45) is 0. The van der Waals surface area contributed by atoms with Gasteiger partial charge in [-0.05, 0) is 24.0 Å². The quantitative estimate of drug-likeness (QED) is 0.765. The lowest BCUT2D eigenvalue weighted by molar-refractivity contribution is 0.858. The molecule has 0 amide bonds. The van der Waals surface area contributed by atoms with Crippen LogP contribution in [0.4, 0.5) is 5.69 Å². The van der Waals surface area contributed by atoms with Crippen molar-refractivity contribution in [2.45, 2.75) is 32.7 Å². The smallest absolute Gasteiger partial charge is 0.0588 e. The number of hydrogen-bond acceptors (Lipinski definition) is 2. The first kappa shape index (κ1) is 10.5. The number of nitrogens with zero attached hydrogens (tertiary/aromatic N) is 1. The highest BCUT2D eigenvalue weighted by Crippen LogP contribution is 2.36. The van der Waals surface area contributed by atoms with Gasteiger partial charge in [0.25, 0.3) is 0 Å². The second-order valence-corrected chi connectivity index (χ2v) is 4.71. The van der Waals surface area contributed by atoms with E-state index in [-0.39, 0.29) is 0 Å². The molecule has 0 bridgehead atoms. The van der Waals surface area contributed by atoms with Crippen molar-refractivity contribution in [3.63, 3.8) is 0 Å². The molecule has 1 unspecified atom stereocenters. The molecule has 1 saturated heterocycles. The minimum atomic E-state index is 0.573. The van der Waals surface area contributed by atoms with E-state index in [4.69, 9.17) is 5.73 Å². The van der Waals surface area contributed by atoms with Gasteiger partial charge in [-0.1, -0.05) is 32.0 Å². The second-order valence-electron chi connectivity index (χ2n) is 4.71. The zero-order valence-corrected chi connectivity index (χ0v) is 9.83. The molecule has 1 aromatic carbocycles. The van der Waals surface area contributed by atoms with Gasteiger partial charge in [0, 0.05) is 18.8 Å². The standard InChI is InChI=1S/C13H20N2/c1-9(2)12-6-4-5-10(3)13(12)15-8-11(15)7-14/h4-6,9,11H,7-8,14H2,1-3H3. The van der Waals surface area contributed by atoms with Crippen LogP contribution < -0.4 is 10.6 Å². The van der Waals surface area contributed by atoms with Crippen LogP contribution in [0.3, 0.4) is 0 Å². The Morgan fingerprint density at radius 3 is 2.73 bits per heavy atom. The molecule has 1 fully saturated rings. The van der Waals surface area contributed by atoms with Gasteiger partial charge in [-0.2, -0.15) is 0 Å². The van der Waals surface area contributed by atoms with Gasteiger partial charge in [-0.3, -0.25) is 0 Å². The van der Waals surface area contributed by atoms with Crippen molar-refractivity contribution in [2.75, 3.05) is 18.0 Å². The predicted octanol–water partition coefficient (Wildman–Crippen LogP) is 2.27. The van der Waals surface area contributed by atoms with E-state index in [0.29, 0.717) is 12.0 Å². The molecular formula is C13H20N2. The molecule has 1 aliphatic heterocycles. The van der Waals surface area contributed by atoms with Crippen molar-refractivity contribution in [3.05, 3.63) is 29.3 Å². The van der Waals surface area contributed by atoms with E-state index in [2.05, 4.69) is 43.9 Å². The van der Waals surface area contributed by atoms with Crippen LogP contribution >= 0.6 is 0 Å². The fourth-order valence-electron chi connectivity index (χ4n) is 2.20. The molecule has 0 saturated carbocycles. The Hall–Kier alpha value is -1.02. The maximum absolute atomic E-state index is 5.70. The van der Waals surface area contributed by atoms with Gasteiger partial charge in [0.05, 0.1) is 6.04 Å². The lowest BCUT2D eigenvalue weighted by atomic mass is 9.98. The van der Waals surface area contributed by atoms with Crippen LogP contribution in [0.5, 0.6) is 0 Å². The Morgan fingerprint density at radius 1 is 1.47 bits per heavy atom. The molecule has 2 N–H and O–H groups in total. The second kappa shape index (κ2) is 3.86. The first-order valence-electron chi connectivity index (χ1n) is 5.71. The van der Waals surface area contributed by atoms with Crippen LogP contribution in [-0.2, 0) is 0 Å². The molecule has 0 spiro atoms. The molecule has 82 valence electrons. The Kier molecular flexibility index (Phi) is 2.70. The summed E-state index contributed by atoms with van der Waals surface area (Å²) in [5.41, 5.74) is 9.94. The SMILES string of the molecule is Cc1cccc(C(C)C)c1N1CC1CN. The van der Waals surface area contributed by atoms with Gasteiger partial charge in [-0.25, -0.2) is 0 Å². The van der Waals surface area contributed by atoms with E-state index in [1.165, 1.54) is 16.8 Å². The topological polar surface area (TPSA) is 29.0 Å². The lowest BCUT2D eigenvalue weighted by Crippen LogP contribution is -2.13. The molecule has 0 aliphatic carbocycles. The molecule has 1 atom stereocenters. The molecule has 1 aliphatic rings. The zero-order valence-electron chi connectivity index (χ0n) is 9.83. The zero-order chi connectivity index (χ0) is 11.0. The average molecular weight is 204 g/mol. The highest BCUT2D eigenvalue weighted by molar-refractivity contribution is 5.65. The van der Waals surface area contributed by atoms with Crippen molar-refractivity contribution >= 4 is 5.69 Å². The highest BCUT2D eigenvalue weighted by atomic mass is 15.3. The van der Waals surface area contributed by atoms with E-state index in [1.54, 1.807) is 0 Å². The van der Waals surface area contributed by atoms with Crippen molar-refractivity contribution < 1.29 is 0 Å². The average Bonchev–Trinajstić information content (AvgIpc) is 2.96. The first-order chi connectivity index (χ1) is 7.15. The molecule has 1 heterocycles. The fourth-order valence-corrected chi connectivity index (χ4v) is 2.20. The number of anilines is 1. The lowest BCUT2D eigenvalue weighted by Gasteiger charge is -2.17. The summed E-state index contributed by atoms with van der Waals surface area (Å²) in [5, 5.41) is 0. The molecule has 2 nitrogen and oxygen atoms in total. The monoisotopic (exact) mass is 204 g/mol. The van der Waals surface area contributed by atoms with E-state index in [1.807, 2.05) is 0 Å². The normalized spacial score (nSPS) is 19.8. The summed E-state index contributed by atoms with van der Waals surface area (Å²) in [4.78, 5) is 2.42. The maximum Gasteiger partial charge on any atom is 0.0588 e. The Morgan fingerprint density at radius 2 is 2.20 bits per heavy atom. The third kappa shape index (κ3) is 1.86. The minimum absolute atomic E-state index is 0.573. The number of aryl methyl sites for hydroxylation is 1. The van der Waals surface area contributed by atoms with Crippen LogP contribution in [0.1, 0.15) is 30.9 Å². The molecule has 15 heavy (non-hydrogen) atoms. The Bertz CT molecular complexity index is 358. The van der Waals surface area contributed by atoms with Gasteiger partial charge >= 0.3 is 0 Å². The summed E-state index contributed by atoms with van der Waals surface area (Å²) >= 11 is 0. The summed E-state index contributed by atoms with van der Waals surface area (Å²) in [7, 11) is 0. The van der Waals surface area contributed by atoms with Crippen LogP contribution in [0.15, 0.2) is 18.2 Å². The number of para-hydroxylation sites is 1. The molecule has 1 aromatic rings. The number of benzene rings is 1. The first-order valence-corrected chi connectivity index (χ1v) is 5.71. The van der Waals surface area contributed by atoms with E-state index < -0.39 is 0 Å². The van der Waals surface area contributed by atoms with Crippen molar-refractivity contribution in [1.82, 2.24) is 0 Å². The molecule has 0 aromatic heterocycles. The molecular weight excluding hydrogens is 184 g/mol. The maximum atomic E-state index is 5.70. The summed E-state index contributed by atoms with van der Waals surface area (Å²) in [6.45, 7) is 8.58. The van der Waals surface area contributed by atoms with Crippen LogP contribution in [0.25, 0.3) is 0 Å². The van der Waals surface area contributed by atoms with Gasteiger partial charge in [0.15, 0.2) is 0 Å². The molecule has 0 radical (unpaired) electrons. The van der Waals surface area contributed by atoms with Crippen LogP contribution in [0.2, 0.25) is 0 Å². The summed E-state index contributed by atoms with van der Waals surface area (Å²) in [6, 6.07) is 7.14. The Balaban J connectivity index is 2.36. The van der Waals surface area contributed by atoms with E-state index >= 15 is 0 Å². The van der Waals surface area contributed by atoms with Crippen LogP contribution in [-0.4, -0.2) is 19.1 Å². The summed E-state index contributed by atoms with van der Waals surface area (Å²) < 4.78 is 0. The van der Waals surface area contributed by atoms with Gasteiger partial charge in [-0.15, -0.1) is 0 Å². The van der Waals surface area contributed by atoms with Gasteiger partial charge < -0.3 is 10.6 Å². The van der Waals surface area contributed by atoms with Gasteiger partial charge in [0.1, 0.15) is 0 Å². The minimum Gasteiger partial charge on any atom is -0.363 e. The van der Waals surface area contributed by atoms with Crippen molar-refractivity contribution in [2.24, 2.45) is 5.73 Å². The van der Waals surface area contributed by atoms with E-state index in [0.717, 1.165) is 13.1 Å². The Labute approximate surface area is 92.1 Å².